The summed E-state index contributed by atoms with van der Waals surface area (Å²) in [6, 6.07) is 0. The fourth-order valence-corrected chi connectivity index (χ4v) is 7.61. The molecule has 2 rings (SSSR count). The number of esters is 2. The molecule has 77 heavy (non-hydrogen) atoms. The van der Waals surface area contributed by atoms with Crippen LogP contribution in [0, 0.1) is 10.8 Å². The number of alkyl halides is 15. The van der Waals surface area contributed by atoms with E-state index >= 15 is 0 Å². The third kappa shape index (κ3) is 32.1. The number of nitrogens with two attached hydrogens (primary N) is 3. The van der Waals surface area contributed by atoms with Gasteiger partial charge in [0.05, 0.1) is 39.6 Å². The quantitative estimate of drug-likeness (QED) is 0.0215. The van der Waals surface area contributed by atoms with Crippen molar-refractivity contribution < 1.29 is 123 Å². The van der Waals surface area contributed by atoms with E-state index in [0.717, 1.165) is 38.5 Å². The number of rotatable bonds is 29. The number of halogens is 15. The molecule has 0 saturated carbocycles. The van der Waals surface area contributed by atoms with E-state index in [1.807, 2.05) is 13.8 Å². The zero-order chi connectivity index (χ0) is 59.6. The average Bonchev–Trinajstić information content (AvgIpc) is 3.84. The standard InChI is InChI=1S/C23H34F9N3O6.C17H37N3O3.C4F6O3/c1-19(2)40-13-15(41-19)12-39-14-20(6-3-9-33-16(36)21(24,25)26,7-4-10-34-17(37)22(27,28)29)8-5-11-35-18(38)23(30,31)32;1-16(2)22-13-15(23-16)12-21-14-17(6-3-9-18,7-4-10-19)8-5-11-20;5-3(6,7)1(11)13-2(12)4(8,9)10/h15H,3-14H2,1-2H3,(H,33,36)(H,34,37)(H,35,38);15H,3-14,18-20H2,1-2H3;. The van der Waals surface area contributed by atoms with Crippen LogP contribution in [0.4, 0.5) is 65.9 Å². The fourth-order valence-electron chi connectivity index (χ4n) is 7.61. The van der Waals surface area contributed by atoms with Crippen molar-refractivity contribution in [1.29, 1.82) is 0 Å². The number of ether oxygens (including phenoxy) is 7. The molecule has 0 aromatic rings. The Hall–Kier alpha value is -3.86. The first-order chi connectivity index (χ1) is 35.2. The van der Waals surface area contributed by atoms with Crippen LogP contribution in [-0.4, -0.2) is 163 Å². The molecule has 0 aromatic heterocycles. The monoisotopic (exact) mass is 1160 g/mol. The van der Waals surface area contributed by atoms with E-state index in [2.05, 4.69) is 4.74 Å². The Bertz CT molecular complexity index is 1640. The Morgan fingerprint density at radius 2 is 0.714 bits per heavy atom. The van der Waals surface area contributed by atoms with Crippen LogP contribution < -0.4 is 33.2 Å². The molecule has 0 radical (unpaired) electrons. The summed E-state index contributed by atoms with van der Waals surface area (Å²) in [6.07, 6.45) is -20.9. The van der Waals surface area contributed by atoms with E-state index in [4.69, 9.17) is 45.6 Å². The molecule has 2 atom stereocenters. The smallest absolute Gasteiger partial charge is 0.380 e. The van der Waals surface area contributed by atoms with Crippen molar-refractivity contribution in [3.8, 4) is 0 Å². The predicted molar refractivity (Wildman–Crippen MR) is 239 cm³/mol. The van der Waals surface area contributed by atoms with Gasteiger partial charge in [-0.25, -0.2) is 9.59 Å². The molecule has 3 amide bonds. The minimum atomic E-state index is -5.62. The second-order valence-electron chi connectivity index (χ2n) is 18.9. The molecule has 2 fully saturated rings. The highest BCUT2D eigenvalue weighted by Gasteiger charge is 2.49. The molecule has 2 aliphatic heterocycles. The summed E-state index contributed by atoms with van der Waals surface area (Å²) in [7, 11) is 0. The Balaban J connectivity index is 0.00000133. The van der Waals surface area contributed by atoms with Gasteiger partial charge in [-0.15, -0.1) is 0 Å². The van der Waals surface area contributed by atoms with Crippen molar-refractivity contribution in [2.45, 2.75) is 159 Å². The third-order valence-electron chi connectivity index (χ3n) is 11.2. The van der Waals surface area contributed by atoms with Crippen LogP contribution in [0.2, 0.25) is 0 Å². The topological polar surface area (TPSA) is 264 Å². The number of hydrogen-bond acceptors (Lipinski definition) is 15. The van der Waals surface area contributed by atoms with Crippen molar-refractivity contribution in [3.05, 3.63) is 0 Å². The zero-order valence-electron chi connectivity index (χ0n) is 42.9. The lowest BCUT2D eigenvalue weighted by Crippen LogP contribution is -2.39. The van der Waals surface area contributed by atoms with Crippen LogP contribution in [-0.2, 0) is 57.1 Å². The Morgan fingerprint density at radius 1 is 0.455 bits per heavy atom. The first-order valence-electron chi connectivity index (χ1n) is 24.0. The highest BCUT2D eigenvalue weighted by Crippen LogP contribution is 2.38. The lowest BCUT2D eigenvalue weighted by Gasteiger charge is -2.35. The molecule has 0 spiro atoms. The molecule has 454 valence electrons. The molecule has 9 N–H and O–H groups in total. The van der Waals surface area contributed by atoms with Gasteiger partial charge < -0.3 is 66.3 Å². The second kappa shape index (κ2) is 33.0. The first kappa shape index (κ1) is 73.1. The van der Waals surface area contributed by atoms with Crippen molar-refractivity contribution in [2.75, 3.05) is 78.9 Å². The summed E-state index contributed by atoms with van der Waals surface area (Å²) >= 11 is 0. The summed E-state index contributed by atoms with van der Waals surface area (Å²) in [6.45, 7) is 9.94. The minimum absolute atomic E-state index is 0.00832. The molecule has 2 unspecified atom stereocenters. The second-order valence-corrected chi connectivity index (χ2v) is 18.9. The summed E-state index contributed by atoms with van der Waals surface area (Å²) in [5.74, 6) is -14.3. The maximum Gasteiger partial charge on any atom is 0.491 e. The van der Waals surface area contributed by atoms with Crippen molar-refractivity contribution in [3.63, 3.8) is 0 Å². The van der Waals surface area contributed by atoms with Crippen LogP contribution in [0.15, 0.2) is 0 Å². The summed E-state index contributed by atoms with van der Waals surface area (Å²) < 4.78 is 216. The molecule has 2 heterocycles. The SMILES string of the molecule is CC1(C)OCC(COCC(CCCN)(CCCN)CCCN)O1.CC1(C)OCC(COCC(CCCNC(=O)C(F)(F)F)(CCCNC(=O)C(F)(F)F)CCCNC(=O)C(F)(F)F)O1.O=C(OC(=O)C(F)(F)F)C(F)(F)F. The van der Waals surface area contributed by atoms with Gasteiger partial charge in [-0.2, -0.15) is 65.9 Å². The van der Waals surface area contributed by atoms with E-state index in [1.165, 1.54) is 0 Å². The van der Waals surface area contributed by atoms with Crippen LogP contribution in [0.1, 0.15) is 105 Å². The van der Waals surface area contributed by atoms with Gasteiger partial charge in [0.1, 0.15) is 12.2 Å². The van der Waals surface area contributed by atoms with Crippen molar-refractivity contribution in [2.24, 2.45) is 28.0 Å². The molecule has 2 aliphatic rings. The van der Waals surface area contributed by atoms with Crippen molar-refractivity contribution in [1.82, 2.24) is 16.0 Å². The van der Waals surface area contributed by atoms with E-state index < -0.39 is 103 Å². The molecule has 0 aliphatic carbocycles. The van der Waals surface area contributed by atoms with Crippen LogP contribution in [0.5, 0.6) is 0 Å². The predicted octanol–water partition coefficient (Wildman–Crippen LogP) is 6.06. The van der Waals surface area contributed by atoms with E-state index in [-0.39, 0.29) is 69.9 Å². The number of carbonyl (C=O) groups excluding carboxylic acids is 5. The Labute approximate surface area is 434 Å². The van der Waals surface area contributed by atoms with Gasteiger partial charge >= 0.3 is 60.5 Å². The summed E-state index contributed by atoms with van der Waals surface area (Å²) in [5, 5.41) is 5.09. The van der Waals surface area contributed by atoms with Crippen LogP contribution in [0.3, 0.4) is 0 Å². The van der Waals surface area contributed by atoms with Gasteiger partial charge in [-0.3, -0.25) is 14.4 Å². The van der Waals surface area contributed by atoms with E-state index in [9.17, 15) is 89.8 Å². The Kier molecular flexibility index (Phi) is 31.4. The first-order valence-corrected chi connectivity index (χ1v) is 24.0. The van der Waals surface area contributed by atoms with E-state index in [0.29, 0.717) is 39.5 Å². The van der Waals surface area contributed by atoms with Gasteiger partial charge in [0.25, 0.3) is 0 Å². The number of hydrogen-bond donors (Lipinski definition) is 6. The maximum atomic E-state index is 12.5. The number of nitrogens with one attached hydrogen (secondary N) is 3. The zero-order valence-corrected chi connectivity index (χ0v) is 42.9. The summed E-state index contributed by atoms with van der Waals surface area (Å²) in [4.78, 5) is 52.7. The number of carbonyl (C=O) groups is 5. The average molecular weight is 1160 g/mol. The normalized spacial score (nSPS) is 17.8. The number of amides is 3. The summed E-state index contributed by atoms with van der Waals surface area (Å²) in [5.41, 5.74) is 16.3. The van der Waals surface area contributed by atoms with Gasteiger partial charge in [0.2, 0.25) is 0 Å². The van der Waals surface area contributed by atoms with Gasteiger partial charge in [0.15, 0.2) is 11.6 Å². The molecule has 0 aromatic carbocycles. The lowest BCUT2D eigenvalue weighted by molar-refractivity contribution is -0.221. The third-order valence-corrected chi connectivity index (χ3v) is 11.2. The van der Waals surface area contributed by atoms with Crippen LogP contribution in [0.25, 0.3) is 0 Å². The fraction of sp³-hybridized carbons (Fsp3) is 0.886. The van der Waals surface area contributed by atoms with Gasteiger partial charge in [-0.05, 0) is 135 Å². The van der Waals surface area contributed by atoms with Gasteiger partial charge in [-0.1, -0.05) is 0 Å². The molecule has 2 saturated heterocycles. The molecular formula is C44H71F15N6O12. The van der Waals surface area contributed by atoms with Crippen LogP contribution >= 0.6 is 0 Å². The maximum absolute atomic E-state index is 12.5. The van der Waals surface area contributed by atoms with Crippen molar-refractivity contribution >= 4 is 29.7 Å². The van der Waals surface area contributed by atoms with E-state index in [1.54, 1.807) is 29.8 Å². The lowest BCUT2D eigenvalue weighted by atomic mass is 9.75. The highest BCUT2D eigenvalue weighted by molar-refractivity contribution is 5.90. The molecular weight excluding hydrogens is 1090 g/mol. The Morgan fingerprint density at radius 3 is 0.922 bits per heavy atom. The highest BCUT2D eigenvalue weighted by atomic mass is 19.4. The molecule has 18 nitrogen and oxygen atoms in total. The molecule has 33 heteroatoms. The largest absolute Gasteiger partial charge is 0.491 e. The molecule has 0 bridgehead atoms. The minimum Gasteiger partial charge on any atom is -0.380 e. The van der Waals surface area contributed by atoms with Gasteiger partial charge in [0, 0.05) is 19.6 Å².